The van der Waals surface area contributed by atoms with Gasteiger partial charge in [0.05, 0.1) is 17.1 Å². The number of nitriles is 1. The Morgan fingerprint density at radius 3 is 2.86 bits per heavy atom. The zero-order valence-electron chi connectivity index (χ0n) is 11.5. The molecule has 2 aromatic heterocycles. The van der Waals surface area contributed by atoms with Gasteiger partial charge in [-0.3, -0.25) is 9.97 Å². The van der Waals surface area contributed by atoms with E-state index in [0.717, 1.165) is 16.6 Å². The van der Waals surface area contributed by atoms with Gasteiger partial charge in [0.25, 0.3) is 0 Å². The fourth-order valence-corrected chi connectivity index (χ4v) is 2.06. The Hall–Kier alpha value is -2.81. The molecule has 0 bridgehead atoms. The van der Waals surface area contributed by atoms with Crippen LogP contribution in [0.25, 0.3) is 22.4 Å². The number of hydrogen-bond acceptors (Lipinski definition) is 6. The van der Waals surface area contributed by atoms with E-state index < -0.39 is 0 Å². The molecule has 0 aliphatic heterocycles. The summed E-state index contributed by atoms with van der Waals surface area (Å²) in [5.74, 6) is 1.16. The van der Waals surface area contributed by atoms with Crippen LogP contribution in [0.15, 0.2) is 35.1 Å². The van der Waals surface area contributed by atoms with Gasteiger partial charge in [-0.05, 0) is 24.6 Å². The maximum absolute atomic E-state index is 8.62. The van der Waals surface area contributed by atoms with E-state index in [2.05, 4.69) is 26.2 Å². The number of nitrogens with zero attached hydrogens (tertiary/aromatic N) is 5. The maximum atomic E-state index is 8.62. The van der Waals surface area contributed by atoms with Gasteiger partial charge in [-0.2, -0.15) is 10.2 Å². The van der Waals surface area contributed by atoms with Crippen LogP contribution in [-0.2, 0) is 0 Å². The van der Waals surface area contributed by atoms with Crippen molar-refractivity contribution in [3.63, 3.8) is 0 Å². The van der Waals surface area contributed by atoms with Gasteiger partial charge in [-0.15, -0.1) is 0 Å². The standard InChI is InChI=1S/C15H13N5O/c1-10(3-2-6-16)15-19-14(20-21-15)11-4-5-12-13(9-11)18-8-7-17-12/h4-5,7-10H,2-3H2,1H3. The Balaban J connectivity index is 1.89. The van der Waals surface area contributed by atoms with Crippen LogP contribution < -0.4 is 0 Å². The van der Waals surface area contributed by atoms with Gasteiger partial charge in [-0.1, -0.05) is 12.1 Å². The zero-order chi connectivity index (χ0) is 14.7. The Morgan fingerprint density at radius 2 is 2.05 bits per heavy atom. The molecule has 2 heterocycles. The summed E-state index contributed by atoms with van der Waals surface area (Å²) in [7, 11) is 0. The van der Waals surface area contributed by atoms with Crippen LogP contribution in [0, 0.1) is 11.3 Å². The van der Waals surface area contributed by atoms with Gasteiger partial charge in [-0.25, -0.2) is 0 Å². The summed E-state index contributed by atoms with van der Waals surface area (Å²) in [4.78, 5) is 12.9. The van der Waals surface area contributed by atoms with E-state index in [1.807, 2.05) is 25.1 Å². The lowest BCUT2D eigenvalue weighted by atomic mass is 10.1. The molecule has 0 fully saturated rings. The van der Waals surface area contributed by atoms with Crippen molar-refractivity contribution in [3.8, 4) is 17.5 Å². The molecule has 1 atom stereocenters. The molecule has 3 rings (SSSR count). The molecule has 0 N–H and O–H groups in total. The highest BCUT2D eigenvalue weighted by atomic mass is 16.5. The van der Waals surface area contributed by atoms with E-state index in [1.54, 1.807) is 12.4 Å². The molecule has 6 nitrogen and oxygen atoms in total. The first-order valence-electron chi connectivity index (χ1n) is 6.69. The Labute approximate surface area is 121 Å². The van der Waals surface area contributed by atoms with Crippen molar-refractivity contribution < 1.29 is 4.52 Å². The number of aromatic nitrogens is 4. The molecule has 104 valence electrons. The first-order valence-corrected chi connectivity index (χ1v) is 6.69. The summed E-state index contributed by atoms with van der Waals surface area (Å²) >= 11 is 0. The second-order valence-electron chi connectivity index (χ2n) is 4.81. The van der Waals surface area contributed by atoms with Crippen molar-refractivity contribution in [2.24, 2.45) is 0 Å². The molecule has 0 radical (unpaired) electrons. The molecule has 1 unspecified atom stereocenters. The van der Waals surface area contributed by atoms with Gasteiger partial charge < -0.3 is 4.52 Å². The largest absolute Gasteiger partial charge is 0.339 e. The lowest BCUT2D eigenvalue weighted by Crippen LogP contribution is -1.93. The highest BCUT2D eigenvalue weighted by Crippen LogP contribution is 2.24. The van der Waals surface area contributed by atoms with Crippen LogP contribution in [0.4, 0.5) is 0 Å². The second-order valence-corrected chi connectivity index (χ2v) is 4.81. The number of benzene rings is 1. The lowest BCUT2D eigenvalue weighted by molar-refractivity contribution is 0.355. The number of rotatable bonds is 4. The third-order valence-corrected chi connectivity index (χ3v) is 3.28. The minimum Gasteiger partial charge on any atom is -0.339 e. The van der Waals surface area contributed by atoms with Gasteiger partial charge in [0.2, 0.25) is 11.7 Å². The van der Waals surface area contributed by atoms with Gasteiger partial charge in [0, 0.05) is 30.3 Å². The van der Waals surface area contributed by atoms with Gasteiger partial charge in [0.15, 0.2) is 0 Å². The van der Waals surface area contributed by atoms with Crippen LogP contribution in [0.3, 0.4) is 0 Å². The normalized spacial score (nSPS) is 12.2. The molecule has 0 aliphatic rings. The van der Waals surface area contributed by atoms with E-state index in [9.17, 15) is 0 Å². The fraction of sp³-hybridized carbons (Fsp3) is 0.267. The van der Waals surface area contributed by atoms with E-state index >= 15 is 0 Å². The molecular formula is C15H13N5O. The maximum Gasteiger partial charge on any atom is 0.229 e. The van der Waals surface area contributed by atoms with Gasteiger partial charge >= 0.3 is 0 Å². The van der Waals surface area contributed by atoms with Crippen molar-refractivity contribution >= 4 is 11.0 Å². The van der Waals surface area contributed by atoms with Crippen molar-refractivity contribution in [2.45, 2.75) is 25.7 Å². The molecule has 6 heteroatoms. The minimum absolute atomic E-state index is 0.0751. The summed E-state index contributed by atoms with van der Waals surface area (Å²) < 4.78 is 5.28. The predicted molar refractivity (Wildman–Crippen MR) is 76.1 cm³/mol. The minimum atomic E-state index is 0.0751. The Morgan fingerprint density at radius 1 is 1.24 bits per heavy atom. The van der Waals surface area contributed by atoms with Crippen molar-refractivity contribution in [3.05, 3.63) is 36.5 Å². The first-order chi connectivity index (χ1) is 10.3. The molecule has 3 aromatic rings. The van der Waals surface area contributed by atoms with Crippen molar-refractivity contribution in [1.29, 1.82) is 5.26 Å². The number of fused-ring (bicyclic) bond motifs is 1. The summed E-state index contributed by atoms with van der Waals surface area (Å²) in [6.45, 7) is 1.97. The topological polar surface area (TPSA) is 88.5 Å². The monoisotopic (exact) mass is 279 g/mol. The second kappa shape index (κ2) is 5.67. The summed E-state index contributed by atoms with van der Waals surface area (Å²) in [5.41, 5.74) is 2.46. The van der Waals surface area contributed by atoms with Crippen LogP contribution >= 0.6 is 0 Å². The van der Waals surface area contributed by atoms with E-state index in [1.165, 1.54) is 0 Å². The van der Waals surface area contributed by atoms with E-state index in [-0.39, 0.29) is 5.92 Å². The molecular weight excluding hydrogens is 266 g/mol. The molecule has 0 amide bonds. The SMILES string of the molecule is CC(CCC#N)c1nc(-c2ccc3nccnc3c2)no1. The van der Waals surface area contributed by atoms with Gasteiger partial charge in [0.1, 0.15) is 0 Å². The summed E-state index contributed by atoms with van der Waals surface area (Å²) in [6, 6.07) is 7.78. The van der Waals surface area contributed by atoms with E-state index in [4.69, 9.17) is 9.78 Å². The third kappa shape index (κ3) is 2.72. The third-order valence-electron chi connectivity index (χ3n) is 3.28. The van der Waals surface area contributed by atoms with E-state index in [0.29, 0.717) is 24.6 Å². The van der Waals surface area contributed by atoms with Crippen molar-refractivity contribution in [1.82, 2.24) is 20.1 Å². The highest BCUT2D eigenvalue weighted by Gasteiger charge is 2.15. The Kier molecular flexibility index (Phi) is 3.56. The van der Waals surface area contributed by atoms with Crippen LogP contribution in [0.2, 0.25) is 0 Å². The first kappa shape index (κ1) is 13.2. The van der Waals surface area contributed by atoms with Crippen LogP contribution in [0.5, 0.6) is 0 Å². The average Bonchev–Trinajstić information content (AvgIpc) is 3.02. The summed E-state index contributed by atoms with van der Waals surface area (Å²) in [5, 5.41) is 12.6. The average molecular weight is 279 g/mol. The molecule has 0 saturated carbocycles. The molecule has 0 aliphatic carbocycles. The predicted octanol–water partition coefficient (Wildman–Crippen LogP) is 3.09. The highest BCUT2D eigenvalue weighted by molar-refractivity contribution is 5.79. The van der Waals surface area contributed by atoms with Crippen molar-refractivity contribution in [2.75, 3.05) is 0 Å². The molecule has 1 aromatic carbocycles. The summed E-state index contributed by atoms with van der Waals surface area (Å²) in [6.07, 6.45) is 4.49. The smallest absolute Gasteiger partial charge is 0.229 e. The van der Waals surface area contributed by atoms with Crippen LogP contribution in [-0.4, -0.2) is 20.1 Å². The lowest BCUT2D eigenvalue weighted by Gasteiger charge is -2.01. The fourth-order valence-electron chi connectivity index (χ4n) is 2.06. The number of hydrogen-bond donors (Lipinski definition) is 0. The zero-order valence-corrected chi connectivity index (χ0v) is 11.5. The molecule has 0 spiro atoms. The Bertz CT molecular complexity index is 805. The molecule has 21 heavy (non-hydrogen) atoms. The molecule has 0 saturated heterocycles. The van der Waals surface area contributed by atoms with Crippen LogP contribution in [0.1, 0.15) is 31.6 Å². The quantitative estimate of drug-likeness (QED) is 0.729.